The van der Waals surface area contributed by atoms with Crippen molar-refractivity contribution in [2.45, 2.75) is 65.3 Å². The molecule has 0 aliphatic heterocycles. The Balaban J connectivity index is 1.45. The maximum absolute atomic E-state index is 13.5. The summed E-state index contributed by atoms with van der Waals surface area (Å²) in [6.07, 6.45) is 6.86. The van der Waals surface area contributed by atoms with Crippen molar-refractivity contribution in [1.82, 2.24) is 5.32 Å². The Morgan fingerprint density at radius 1 is 1.06 bits per heavy atom. The summed E-state index contributed by atoms with van der Waals surface area (Å²) in [5, 5.41) is 6.10. The highest BCUT2D eigenvalue weighted by Gasteiger charge is 2.55. The minimum atomic E-state index is -0.571. The second kappa shape index (κ2) is 8.71. The fourth-order valence-electron chi connectivity index (χ4n) is 6.46. The summed E-state index contributed by atoms with van der Waals surface area (Å²) >= 11 is 0. The van der Waals surface area contributed by atoms with Crippen LogP contribution in [0.4, 0.5) is 5.69 Å². The van der Waals surface area contributed by atoms with E-state index in [4.69, 9.17) is 9.47 Å². The number of anilines is 1. The Morgan fingerprint density at radius 3 is 2.19 bits per heavy atom. The lowest BCUT2D eigenvalue weighted by Gasteiger charge is -2.55. The zero-order chi connectivity index (χ0) is 22.2. The minimum absolute atomic E-state index is 0.0116. The number of amides is 2. The monoisotopic (exact) mass is 428 g/mol. The van der Waals surface area contributed by atoms with Gasteiger partial charge in [0.1, 0.15) is 6.04 Å². The van der Waals surface area contributed by atoms with E-state index < -0.39 is 6.04 Å². The number of ether oxygens (including phenoxy) is 2. The van der Waals surface area contributed by atoms with Gasteiger partial charge in [0.15, 0.2) is 11.5 Å². The van der Waals surface area contributed by atoms with Crippen LogP contribution < -0.4 is 20.1 Å². The molecule has 1 aromatic rings. The molecule has 2 amide bonds. The Morgan fingerprint density at radius 2 is 1.68 bits per heavy atom. The average molecular weight is 429 g/mol. The van der Waals surface area contributed by atoms with Crippen molar-refractivity contribution in [3.63, 3.8) is 0 Å². The number of methoxy groups -OCH3 is 1. The molecule has 5 rings (SSSR count). The first-order chi connectivity index (χ1) is 14.8. The molecule has 2 N–H and O–H groups in total. The van der Waals surface area contributed by atoms with Crippen LogP contribution in [0.5, 0.6) is 11.5 Å². The van der Waals surface area contributed by atoms with E-state index in [1.54, 1.807) is 25.3 Å². The SMILES string of the molecule is CCOc1ccc(NC(=O)[C@@H](NC(=O)C23CC4CC(CC(C4)C2)C3)C(C)C)cc1OC. The van der Waals surface area contributed by atoms with E-state index in [0.29, 0.717) is 41.5 Å². The van der Waals surface area contributed by atoms with Crippen LogP contribution >= 0.6 is 0 Å². The Kier molecular flexibility index (Phi) is 6.18. The molecule has 0 saturated heterocycles. The summed E-state index contributed by atoms with van der Waals surface area (Å²) in [5.74, 6) is 3.17. The highest BCUT2D eigenvalue weighted by atomic mass is 16.5. The van der Waals surface area contributed by atoms with E-state index >= 15 is 0 Å². The maximum atomic E-state index is 13.5. The summed E-state index contributed by atoms with van der Waals surface area (Å²) in [4.78, 5) is 26.6. The Labute approximate surface area is 185 Å². The molecule has 4 aliphatic rings. The van der Waals surface area contributed by atoms with Crippen molar-refractivity contribution in [1.29, 1.82) is 0 Å². The van der Waals surface area contributed by atoms with Crippen LogP contribution in [0.15, 0.2) is 18.2 Å². The predicted octanol–water partition coefficient (Wildman–Crippen LogP) is 4.39. The summed E-state index contributed by atoms with van der Waals surface area (Å²) in [7, 11) is 1.58. The molecule has 0 aromatic heterocycles. The van der Waals surface area contributed by atoms with Gasteiger partial charge in [-0.05, 0) is 81.3 Å². The summed E-state index contributed by atoms with van der Waals surface area (Å²) < 4.78 is 10.9. The van der Waals surface area contributed by atoms with Crippen molar-refractivity contribution in [2.24, 2.45) is 29.1 Å². The molecule has 31 heavy (non-hydrogen) atoms. The maximum Gasteiger partial charge on any atom is 0.247 e. The van der Waals surface area contributed by atoms with E-state index in [0.717, 1.165) is 19.3 Å². The zero-order valence-electron chi connectivity index (χ0n) is 19.2. The molecule has 4 fully saturated rings. The predicted molar refractivity (Wildman–Crippen MR) is 120 cm³/mol. The van der Waals surface area contributed by atoms with E-state index in [1.807, 2.05) is 20.8 Å². The Hall–Kier alpha value is -2.24. The number of carbonyl (C=O) groups is 2. The number of hydrogen-bond acceptors (Lipinski definition) is 4. The topological polar surface area (TPSA) is 76.7 Å². The lowest BCUT2D eigenvalue weighted by Crippen LogP contribution is -2.57. The third-order valence-corrected chi connectivity index (χ3v) is 7.49. The van der Waals surface area contributed by atoms with Gasteiger partial charge in [-0.3, -0.25) is 9.59 Å². The number of rotatable bonds is 8. The molecule has 6 heteroatoms. The standard InChI is InChI=1S/C25H36N2O4/c1-5-31-20-7-6-19(11-21(20)30-4)26-23(28)22(15(2)3)27-24(29)25-12-16-8-17(13-25)10-18(9-16)14-25/h6-7,11,15-18,22H,5,8-10,12-14H2,1-4H3,(H,26,28)(H,27,29)/t16?,17?,18?,22-,25?/m0/s1. The Bertz CT molecular complexity index is 800. The summed E-state index contributed by atoms with van der Waals surface area (Å²) in [6, 6.07) is 4.76. The lowest BCUT2D eigenvalue weighted by molar-refractivity contribution is -0.148. The molecule has 6 nitrogen and oxygen atoms in total. The number of hydrogen-bond donors (Lipinski definition) is 2. The normalized spacial score (nSPS) is 29.5. The molecule has 4 bridgehead atoms. The molecule has 170 valence electrons. The van der Waals surface area contributed by atoms with Gasteiger partial charge in [-0.2, -0.15) is 0 Å². The van der Waals surface area contributed by atoms with Crippen molar-refractivity contribution >= 4 is 17.5 Å². The van der Waals surface area contributed by atoms with Crippen molar-refractivity contribution in [3.05, 3.63) is 18.2 Å². The largest absolute Gasteiger partial charge is 0.493 e. The van der Waals surface area contributed by atoms with Gasteiger partial charge >= 0.3 is 0 Å². The van der Waals surface area contributed by atoms with E-state index in [-0.39, 0.29) is 23.1 Å². The molecular formula is C25H36N2O4. The number of benzene rings is 1. The van der Waals surface area contributed by atoms with Gasteiger partial charge in [0.25, 0.3) is 0 Å². The quantitative estimate of drug-likeness (QED) is 0.644. The first kappa shape index (κ1) is 22.0. The van der Waals surface area contributed by atoms with E-state index in [9.17, 15) is 9.59 Å². The molecule has 0 unspecified atom stereocenters. The first-order valence-corrected chi connectivity index (χ1v) is 11.8. The van der Waals surface area contributed by atoms with Gasteiger partial charge in [0.05, 0.1) is 13.7 Å². The van der Waals surface area contributed by atoms with Gasteiger partial charge in [-0.1, -0.05) is 13.8 Å². The van der Waals surface area contributed by atoms with Crippen LogP contribution in [0.2, 0.25) is 0 Å². The first-order valence-electron chi connectivity index (χ1n) is 11.8. The van der Waals surface area contributed by atoms with E-state index in [1.165, 1.54) is 19.3 Å². The van der Waals surface area contributed by atoms with Crippen LogP contribution in [-0.2, 0) is 9.59 Å². The molecule has 1 aromatic carbocycles. The molecule has 0 radical (unpaired) electrons. The van der Waals surface area contributed by atoms with Gasteiger partial charge < -0.3 is 20.1 Å². The molecule has 4 aliphatic carbocycles. The average Bonchev–Trinajstić information content (AvgIpc) is 2.71. The fraction of sp³-hybridized carbons (Fsp3) is 0.680. The number of carbonyl (C=O) groups excluding carboxylic acids is 2. The fourth-order valence-corrected chi connectivity index (χ4v) is 6.46. The molecule has 1 atom stereocenters. The highest BCUT2D eigenvalue weighted by molar-refractivity contribution is 5.98. The van der Waals surface area contributed by atoms with Crippen molar-refractivity contribution in [2.75, 3.05) is 19.0 Å². The molecular weight excluding hydrogens is 392 g/mol. The van der Waals surface area contributed by atoms with Gasteiger partial charge in [-0.25, -0.2) is 0 Å². The second-order valence-electron chi connectivity index (χ2n) is 10.2. The van der Waals surface area contributed by atoms with Gasteiger partial charge in [0, 0.05) is 17.2 Å². The summed E-state index contributed by atoms with van der Waals surface area (Å²) in [6.45, 7) is 6.40. The molecule has 0 spiro atoms. The van der Waals surface area contributed by atoms with Gasteiger partial charge in [0.2, 0.25) is 11.8 Å². The smallest absolute Gasteiger partial charge is 0.247 e. The lowest BCUT2D eigenvalue weighted by atomic mass is 9.49. The summed E-state index contributed by atoms with van der Waals surface area (Å²) in [5.41, 5.74) is 0.366. The van der Waals surface area contributed by atoms with Gasteiger partial charge in [-0.15, -0.1) is 0 Å². The van der Waals surface area contributed by atoms with Crippen LogP contribution in [0.3, 0.4) is 0 Å². The van der Waals surface area contributed by atoms with Crippen LogP contribution in [0, 0.1) is 29.1 Å². The minimum Gasteiger partial charge on any atom is -0.493 e. The van der Waals surface area contributed by atoms with Crippen molar-refractivity contribution < 1.29 is 19.1 Å². The molecule has 4 saturated carbocycles. The number of nitrogens with one attached hydrogen (secondary N) is 2. The zero-order valence-corrected chi connectivity index (χ0v) is 19.2. The highest BCUT2D eigenvalue weighted by Crippen LogP contribution is 2.60. The van der Waals surface area contributed by atoms with Crippen LogP contribution in [-0.4, -0.2) is 31.6 Å². The van der Waals surface area contributed by atoms with Crippen LogP contribution in [0.25, 0.3) is 0 Å². The van der Waals surface area contributed by atoms with Crippen molar-refractivity contribution in [3.8, 4) is 11.5 Å². The molecule has 0 heterocycles. The van der Waals surface area contributed by atoms with E-state index in [2.05, 4.69) is 10.6 Å². The third-order valence-electron chi connectivity index (χ3n) is 7.49. The second-order valence-corrected chi connectivity index (χ2v) is 10.2. The van der Waals surface area contributed by atoms with Crippen LogP contribution in [0.1, 0.15) is 59.3 Å². The third kappa shape index (κ3) is 4.39.